The topological polar surface area (TPSA) is 98.8 Å². The Bertz CT molecular complexity index is 1150. The van der Waals surface area contributed by atoms with Gasteiger partial charge >= 0.3 is 6.03 Å². The van der Waals surface area contributed by atoms with Crippen molar-refractivity contribution < 1.29 is 19.2 Å². The van der Waals surface area contributed by atoms with E-state index in [0.717, 1.165) is 16.0 Å². The lowest BCUT2D eigenvalue weighted by atomic mass is 10.00. The van der Waals surface area contributed by atoms with Crippen molar-refractivity contribution in [3.05, 3.63) is 83.6 Å². The van der Waals surface area contributed by atoms with Crippen LogP contribution in [0.2, 0.25) is 0 Å². The van der Waals surface area contributed by atoms with Crippen molar-refractivity contribution >= 4 is 35.1 Å². The van der Waals surface area contributed by atoms with Gasteiger partial charge in [0, 0.05) is 5.70 Å². The second-order valence-corrected chi connectivity index (χ2v) is 7.45. The number of carbonyl (C=O) groups is 4. The Labute approximate surface area is 178 Å². The summed E-state index contributed by atoms with van der Waals surface area (Å²) in [5, 5.41) is 3.49. The number of barbiturate groups is 1. The van der Waals surface area contributed by atoms with Gasteiger partial charge in [0.1, 0.15) is 11.5 Å². The molecule has 0 spiro atoms. The van der Waals surface area contributed by atoms with E-state index in [2.05, 4.69) is 17.3 Å². The second kappa shape index (κ2) is 7.56. The monoisotopic (exact) mass is 416 g/mol. The molecule has 4 rings (SSSR count). The van der Waals surface area contributed by atoms with Crippen molar-refractivity contribution in [3.8, 4) is 0 Å². The van der Waals surface area contributed by atoms with Gasteiger partial charge in [0.25, 0.3) is 17.7 Å². The highest BCUT2D eigenvalue weighted by Crippen LogP contribution is 2.28. The molecule has 0 saturated carbocycles. The van der Waals surface area contributed by atoms with Crippen LogP contribution in [-0.4, -0.2) is 23.8 Å². The molecule has 1 atom stereocenters. The first-order valence-electron chi connectivity index (χ1n) is 9.60. The average Bonchev–Trinajstić information content (AvgIpc) is 2.98. The van der Waals surface area contributed by atoms with Gasteiger partial charge in [-0.3, -0.25) is 25.1 Å². The minimum atomic E-state index is -0.945. The summed E-state index contributed by atoms with van der Waals surface area (Å²) >= 11 is 0. The molecule has 0 bridgehead atoms. The van der Waals surface area contributed by atoms with Crippen molar-refractivity contribution in [2.45, 2.75) is 13.8 Å². The zero-order valence-corrected chi connectivity index (χ0v) is 17.0. The molecule has 2 aliphatic rings. The number of amides is 5. The number of benzene rings is 2. The van der Waals surface area contributed by atoms with Gasteiger partial charge in [-0.05, 0) is 55.3 Å². The van der Waals surface area contributed by atoms with Crippen molar-refractivity contribution in [2.75, 3.05) is 9.91 Å². The summed E-state index contributed by atoms with van der Waals surface area (Å²) in [6, 6.07) is 13.3. The van der Waals surface area contributed by atoms with Gasteiger partial charge in [0.2, 0.25) is 0 Å². The van der Waals surface area contributed by atoms with Gasteiger partial charge in [-0.1, -0.05) is 30.8 Å². The van der Waals surface area contributed by atoms with Gasteiger partial charge in [0.15, 0.2) is 0 Å². The van der Waals surface area contributed by atoms with Crippen LogP contribution in [0.3, 0.4) is 0 Å². The highest BCUT2D eigenvalue weighted by Gasteiger charge is 2.41. The van der Waals surface area contributed by atoms with E-state index in [4.69, 9.17) is 0 Å². The van der Waals surface area contributed by atoms with Gasteiger partial charge in [-0.25, -0.2) is 14.7 Å². The van der Waals surface area contributed by atoms with E-state index in [0.29, 0.717) is 17.1 Å². The molecule has 2 aromatic rings. The smallest absolute Gasteiger partial charge is 0.295 e. The number of hydrogen-bond donors (Lipinski definition) is 2. The van der Waals surface area contributed by atoms with E-state index in [9.17, 15) is 19.2 Å². The highest BCUT2D eigenvalue weighted by atomic mass is 16.2. The molecular weight excluding hydrogens is 396 g/mol. The van der Waals surface area contributed by atoms with E-state index in [1.807, 2.05) is 26.0 Å². The second-order valence-electron chi connectivity index (χ2n) is 7.45. The predicted molar refractivity (Wildman–Crippen MR) is 115 cm³/mol. The number of imide groups is 2. The first-order chi connectivity index (χ1) is 14.8. The normalized spacial score (nSPS) is 20.4. The molecule has 2 N–H and O–H groups in total. The Balaban J connectivity index is 1.68. The zero-order valence-electron chi connectivity index (χ0n) is 17.0. The summed E-state index contributed by atoms with van der Waals surface area (Å²) in [6.45, 7) is 7.54. The van der Waals surface area contributed by atoms with Crippen molar-refractivity contribution in [1.82, 2.24) is 10.7 Å². The number of para-hydroxylation sites is 1. The van der Waals surface area contributed by atoms with Crippen molar-refractivity contribution in [3.63, 3.8) is 0 Å². The third kappa shape index (κ3) is 3.59. The molecule has 156 valence electrons. The van der Waals surface area contributed by atoms with Gasteiger partial charge in [0.05, 0.1) is 11.4 Å². The van der Waals surface area contributed by atoms with Crippen LogP contribution in [0.4, 0.5) is 16.2 Å². The summed E-state index contributed by atoms with van der Waals surface area (Å²) in [5.74, 6) is -2.98. The van der Waals surface area contributed by atoms with Crippen LogP contribution in [0.25, 0.3) is 0 Å². The highest BCUT2D eigenvalue weighted by molar-refractivity contribution is 6.37. The fraction of sp³-hybridized carbons (Fsp3) is 0.130. The largest absolute Gasteiger partial charge is 0.335 e. The van der Waals surface area contributed by atoms with Gasteiger partial charge < -0.3 is 0 Å². The van der Waals surface area contributed by atoms with Crippen LogP contribution in [0, 0.1) is 19.8 Å². The van der Waals surface area contributed by atoms with Crippen molar-refractivity contribution in [2.24, 2.45) is 5.92 Å². The molecular formula is C23H20N4O4. The number of anilines is 2. The number of nitrogens with zero attached hydrogens (tertiary/aromatic N) is 2. The minimum Gasteiger partial charge on any atom is -0.295 e. The molecule has 0 aliphatic carbocycles. The van der Waals surface area contributed by atoms with Crippen LogP contribution in [0.1, 0.15) is 11.1 Å². The number of urea groups is 1. The van der Waals surface area contributed by atoms with Crippen LogP contribution < -0.4 is 20.7 Å². The average molecular weight is 416 g/mol. The van der Waals surface area contributed by atoms with Crippen LogP contribution in [0.15, 0.2) is 72.5 Å². The summed E-state index contributed by atoms with van der Waals surface area (Å²) in [7, 11) is 0. The number of hydrazine groups is 1. The summed E-state index contributed by atoms with van der Waals surface area (Å²) in [6.07, 6.45) is 1.25. The standard InChI is InChI=1S/C23H20N4O4/c1-13-9-14(2)11-17(10-13)26-21(29)19(20(28)24-23(26)31)12-18-15(3)25-27(22(18)30)16-7-5-4-6-8-16/h4-12,18,25H,3H2,1-2H3,(H,24,28,31)/b19-12+/t18-/m1/s1. The van der Waals surface area contributed by atoms with E-state index in [-0.39, 0.29) is 11.5 Å². The fourth-order valence-corrected chi connectivity index (χ4v) is 3.66. The Morgan fingerprint density at radius 3 is 2.23 bits per heavy atom. The third-order valence-corrected chi connectivity index (χ3v) is 5.03. The third-order valence-electron chi connectivity index (χ3n) is 5.03. The molecule has 31 heavy (non-hydrogen) atoms. The SMILES string of the molecule is C=C1NN(c2ccccc2)C(=O)[C@@H]1/C=C1\C(=O)NC(=O)N(c2cc(C)cc(C)c2)C1=O. The molecule has 5 amide bonds. The van der Waals surface area contributed by atoms with Crippen LogP contribution in [0.5, 0.6) is 0 Å². The van der Waals surface area contributed by atoms with Crippen LogP contribution in [-0.2, 0) is 14.4 Å². The molecule has 8 nitrogen and oxygen atoms in total. The lowest BCUT2D eigenvalue weighted by molar-refractivity contribution is -0.122. The molecule has 2 heterocycles. The molecule has 8 heteroatoms. The number of hydrogen-bond acceptors (Lipinski definition) is 5. The molecule has 0 radical (unpaired) electrons. The molecule has 0 aromatic heterocycles. The summed E-state index contributed by atoms with van der Waals surface area (Å²) < 4.78 is 0. The van der Waals surface area contributed by atoms with Crippen molar-refractivity contribution in [1.29, 1.82) is 0 Å². The van der Waals surface area contributed by atoms with E-state index >= 15 is 0 Å². The molecule has 2 aromatic carbocycles. The first kappa shape index (κ1) is 20.1. The van der Waals surface area contributed by atoms with E-state index in [1.54, 1.807) is 36.4 Å². The number of aryl methyl sites for hydroxylation is 2. The Hall–Kier alpha value is -4.20. The van der Waals surface area contributed by atoms with Gasteiger partial charge in [-0.15, -0.1) is 0 Å². The lowest BCUT2D eigenvalue weighted by Crippen LogP contribution is -2.54. The molecule has 2 saturated heterocycles. The number of carbonyl (C=O) groups excluding carboxylic acids is 4. The summed E-state index contributed by atoms with van der Waals surface area (Å²) in [4.78, 5) is 51.8. The molecule has 0 unspecified atom stereocenters. The van der Waals surface area contributed by atoms with E-state index < -0.39 is 23.8 Å². The maximum atomic E-state index is 13.1. The Morgan fingerprint density at radius 1 is 0.935 bits per heavy atom. The number of rotatable bonds is 3. The molecule has 2 fully saturated rings. The predicted octanol–water partition coefficient (Wildman–Crippen LogP) is 2.49. The maximum absolute atomic E-state index is 13.1. The summed E-state index contributed by atoms with van der Waals surface area (Å²) in [5.41, 5.74) is 5.56. The quantitative estimate of drug-likeness (QED) is 0.592. The van der Waals surface area contributed by atoms with Gasteiger partial charge in [-0.2, -0.15) is 0 Å². The number of nitrogens with one attached hydrogen (secondary N) is 2. The van der Waals surface area contributed by atoms with Crippen LogP contribution >= 0.6 is 0 Å². The fourth-order valence-electron chi connectivity index (χ4n) is 3.66. The Kier molecular flexibility index (Phi) is 4.90. The zero-order chi connectivity index (χ0) is 22.3. The maximum Gasteiger partial charge on any atom is 0.335 e. The Morgan fingerprint density at radius 2 is 1.58 bits per heavy atom. The molecule has 2 aliphatic heterocycles. The minimum absolute atomic E-state index is 0.296. The lowest BCUT2D eigenvalue weighted by Gasteiger charge is -2.27. The first-order valence-corrected chi connectivity index (χ1v) is 9.60. The van der Waals surface area contributed by atoms with E-state index in [1.165, 1.54) is 11.1 Å².